The quantitative estimate of drug-likeness (QED) is 0.270. The first-order chi connectivity index (χ1) is 6.54. The Labute approximate surface area is 86.6 Å². The van der Waals surface area contributed by atoms with Gasteiger partial charge in [-0.2, -0.15) is 0 Å². The highest BCUT2D eigenvalue weighted by Gasteiger charge is 2.01. The van der Waals surface area contributed by atoms with Crippen LogP contribution in [-0.2, 0) is 9.53 Å². The van der Waals surface area contributed by atoms with Crippen molar-refractivity contribution in [1.82, 2.24) is 0 Å². The highest BCUT2D eigenvalue weighted by Crippen LogP contribution is 2.06. The van der Waals surface area contributed by atoms with Gasteiger partial charge in [-0.3, -0.25) is 0 Å². The molecule has 2 heteroatoms. The molecule has 0 rings (SSSR count). The van der Waals surface area contributed by atoms with Gasteiger partial charge >= 0.3 is 5.97 Å². The van der Waals surface area contributed by atoms with Crippen LogP contribution in [0.1, 0.15) is 39.5 Å². The molecule has 0 unspecified atom stereocenters. The van der Waals surface area contributed by atoms with Gasteiger partial charge in [0.15, 0.2) is 0 Å². The van der Waals surface area contributed by atoms with Crippen LogP contribution in [0.5, 0.6) is 0 Å². The Bertz CT molecular complexity index is 216. The van der Waals surface area contributed by atoms with Gasteiger partial charge in [0.05, 0.1) is 6.61 Å². The standard InChI is InChI=1S/C12H20O2/c1-10(2)8-6-5-7-9-14-12(13)11(3)4/h1,3,5-9H2,2,4H3. The third-order valence-electron chi connectivity index (χ3n) is 1.83. The fourth-order valence-electron chi connectivity index (χ4n) is 0.994. The Hall–Kier alpha value is -1.05. The van der Waals surface area contributed by atoms with E-state index in [1.54, 1.807) is 6.92 Å². The van der Waals surface area contributed by atoms with Crippen LogP contribution in [0.25, 0.3) is 0 Å². The largest absolute Gasteiger partial charge is 0.462 e. The maximum Gasteiger partial charge on any atom is 0.333 e. The van der Waals surface area contributed by atoms with Crippen molar-refractivity contribution in [3.05, 3.63) is 24.3 Å². The highest BCUT2D eigenvalue weighted by molar-refractivity contribution is 5.86. The monoisotopic (exact) mass is 196 g/mol. The van der Waals surface area contributed by atoms with Gasteiger partial charge in [-0.15, -0.1) is 6.58 Å². The van der Waals surface area contributed by atoms with E-state index in [0.29, 0.717) is 12.2 Å². The van der Waals surface area contributed by atoms with E-state index in [-0.39, 0.29) is 5.97 Å². The molecule has 0 saturated carbocycles. The molecule has 0 radical (unpaired) electrons. The molecule has 0 aliphatic heterocycles. The molecule has 0 aliphatic carbocycles. The summed E-state index contributed by atoms with van der Waals surface area (Å²) in [5.41, 5.74) is 1.68. The van der Waals surface area contributed by atoms with Crippen molar-refractivity contribution in [3.63, 3.8) is 0 Å². The van der Waals surface area contributed by atoms with Crippen LogP contribution in [0.2, 0.25) is 0 Å². The maximum atomic E-state index is 10.9. The molecule has 0 fully saturated rings. The first-order valence-electron chi connectivity index (χ1n) is 5.01. The molecule has 0 saturated heterocycles. The van der Waals surface area contributed by atoms with Crippen molar-refractivity contribution in [3.8, 4) is 0 Å². The number of carbonyl (C=O) groups is 1. The summed E-state index contributed by atoms with van der Waals surface area (Å²) < 4.78 is 4.95. The van der Waals surface area contributed by atoms with Gasteiger partial charge in [0, 0.05) is 5.57 Å². The Morgan fingerprint density at radius 2 is 1.79 bits per heavy atom. The van der Waals surface area contributed by atoms with Gasteiger partial charge in [0.1, 0.15) is 0 Å². The van der Waals surface area contributed by atoms with E-state index < -0.39 is 0 Å². The number of hydrogen-bond donors (Lipinski definition) is 0. The van der Waals surface area contributed by atoms with Crippen molar-refractivity contribution >= 4 is 5.97 Å². The SMILES string of the molecule is C=C(C)CCCCCOC(=O)C(=C)C. The first-order valence-corrected chi connectivity index (χ1v) is 5.01. The smallest absolute Gasteiger partial charge is 0.333 e. The van der Waals surface area contributed by atoms with Crippen LogP contribution >= 0.6 is 0 Å². The lowest BCUT2D eigenvalue weighted by Crippen LogP contribution is -2.05. The Balaban J connectivity index is 3.26. The molecule has 0 amide bonds. The lowest BCUT2D eigenvalue weighted by Gasteiger charge is -2.03. The van der Waals surface area contributed by atoms with Gasteiger partial charge in [0.25, 0.3) is 0 Å². The molecule has 0 aromatic carbocycles. The van der Waals surface area contributed by atoms with E-state index in [1.807, 2.05) is 6.92 Å². The lowest BCUT2D eigenvalue weighted by molar-refractivity contribution is -0.139. The van der Waals surface area contributed by atoms with E-state index in [4.69, 9.17) is 4.74 Å². The van der Waals surface area contributed by atoms with Crippen LogP contribution in [0.15, 0.2) is 24.3 Å². The molecule has 0 N–H and O–H groups in total. The normalized spacial score (nSPS) is 9.57. The summed E-state index contributed by atoms with van der Waals surface area (Å²) in [6.07, 6.45) is 4.19. The van der Waals surface area contributed by atoms with Crippen molar-refractivity contribution in [1.29, 1.82) is 0 Å². The summed E-state index contributed by atoms with van der Waals surface area (Å²) in [5.74, 6) is -0.287. The summed E-state index contributed by atoms with van der Waals surface area (Å²) in [6, 6.07) is 0. The van der Waals surface area contributed by atoms with E-state index >= 15 is 0 Å². The van der Waals surface area contributed by atoms with Crippen molar-refractivity contribution < 1.29 is 9.53 Å². The van der Waals surface area contributed by atoms with Gasteiger partial charge in [0.2, 0.25) is 0 Å². The second-order valence-electron chi connectivity index (χ2n) is 3.68. The van der Waals surface area contributed by atoms with E-state index in [9.17, 15) is 4.79 Å². The van der Waals surface area contributed by atoms with Crippen molar-refractivity contribution in [2.45, 2.75) is 39.5 Å². The summed E-state index contributed by atoms with van der Waals surface area (Å²) in [4.78, 5) is 10.9. The summed E-state index contributed by atoms with van der Waals surface area (Å²) in [7, 11) is 0. The minimum absolute atomic E-state index is 0.287. The minimum atomic E-state index is -0.287. The van der Waals surface area contributed by atoms with Crippen molar-refractivity contribution in [2.24, 2.45) is 0 Å². The molecule has 0 bridgehead atoms. The maximum absolute atomic E-state index is 10.9. The molecule has 80 valence electrons. The van der Waals surface area contributed by atoms with Gasteiger partial charge in [-0.25, -0.2) is 4.79 Å². The van der Waals surface area contributed by atoms with E-state index in [2.05, 4.69) is 13.2 Å². The molecule has 0 aromatic rings. The van der Waals surface area contributed by atoms with Crippen LogP contribution in [0.4, 0.5) is 0 Å². The van der Waals surface area contributed by atoms with Crippen LogP contribution in [0.3, 0.4) is 0 Å². The summed E-state index contributed by atoms with van der Waals surface area (Å²) in [5, 5.41) is 0. The Kier molecular flexibility index (Phi) is 6.81. The average molecular weight is 196 g/mol. The molecule has 14 heavy (non-hydrogen) atoms. The van der Waals surface area contributed by atoms with E-state index in [0.717, 1.165) is 25.7 Å². The van der Waals surface area contributed by atoms with Gasteiger partial charge in [-0.1, -0.05) is 12.2 Å². The predicted molar refractivity (Wildman–Crippen MR) is 59.1 cm³/mol. The molecule has 0 atom stereocenters. The van der Waals surface area contributed by atoms with Crippen LogP contribution in [0, 0.1) is 0 Å². The first kappa shape index (κ1) is 12.9. The molecule has 2 nitrogen and oxygen atoms in total. The molecule has 0 aliphatic rings. The number of unbranched alkanes of at least 4 members (excludes halogenated alkanes) is 2. The lowest BCUT2D eigenvalue weighted by atomic mass is 10.1. The zero-order valence-electron chi connectivity index (χ0n) is 9.27. The number of hydrogen-bond acceptors (Lipinski definition) is 2. The molecular formula is C12H20O2. The van der Waals surface area contributed by atoms with E-state index in [1.165, 1.54) is 5.57 Å². The zero-order valence-corrected chi connectivity index (χ0v) is 9.27. The average Bonchev–Trinajstić information content (AvgIpc) is 2.09. The van der Waals surface area contributed by atoms with Gasteiger partial charge in [-0.05, 0) is 39.5 Å². The second-order valence-corrected chi connectivity index (χ2v) is 3.68. The second kappa shape index (κ2) is 7.36. The topological polar surface area (TPSA) is 26.3 Å². The van der Waals surface area contributed by atoms with Crippen LogP contribution < -0.4 is 0 Å². The number of ether oxygens (including phenoxy) is 1. The minimum Gasteiger partial charge on any atom is -0.462 e. The highest BCUT2D eigenvalue weighted by atomic mass is 16.5. The fourth-order valence-corrected chi connectivity index (χ4v) is 0.994. The summed E-state index contributed by atoms with van der Waals surface area (Å²) >= 11 is 0. The number of allylic oxidation sites excluding steroid dienone is 1. The Morgan fingerprint density at radius 1 is 1.14 bits per heavy atom. The third kappa shape index (κ3) is 7.59. The Morgan fingerprint density at radius 3 is 2.29 bits per heavy atom. The number of rotatable bonds is 7. The number of carbonyl (C=O) groups excluding carboxylic acids is 1. The third-order valence-corrected chi connectivity index (χ3v) is 1.83. The predicted octanol–water partition coefficient (Wildman–Crippen LogP) is 3.24. The zero-order chi connectivity index (χ0) is 11.0. The molecule has 0 aromatic heterocycles. The number of esters is 1. The van der Waals surface area contributed by atoms with Crippen molar-refractivity contribution in [2.75, 3.05) is 6.61 Å². The molecule has 0 spiro atoms. The van der Waals surface area contributed by atoms with Crippen LogP contribution in [-0.4, -0.2) is 12.6 Å². The fraction of sp³-hybridized carbons (Fsp3) is 0.583. The van der Waals surface area contributed by atoms with Gasteiger partial charge < -0.3 is 4.74 Å². The molecule has 0 heterocycles. The summed E-state index contributed by atoms with van der Waals surface area (Å²) in [6.45, 7) is 11.5. The molecular weight excluding hydrogens is 176 g/mol.